The predicted octanol–water partition coefficient (Wildman–Crippen LogP) is -0.481. The van der Waals surface area contributed by atoms with E-state index < -0.39 is 0 Å². The smallest absolute Gasteiger partial charge is 0.333 e. The molecule has 0 aromatic carbocycles. The number of carbonyl (C=O) groups excluding carboxylic acids is 1. The van der Waals surface area contributed by atoms with Gasteiger partial charge in [-0.1, -0.05) is 6.58 Å². The Morgan fingerprint density at radius 3 is 2.63 bits per heavy atom. The van der Waals surface area contributed by atoms with Gasteiger partial charge in [0.1, 0.15) is 6.61 Å². The minimum absolute atomic E-state index is 0. The molecule has 0 bridgehead atoms. The van der Waals surface area contributed by atoms with E-state index in [9.17, 15) is 4.79 Å². The maximum absolute atomic E-state index is 11.5. The van der Waals surface area contributed by atoms with E-state index >= 15 is 0 Å². The summed E-state index contributed by atoms with van der Waals surface area (Å²) in [7, 11) is 2.39. The highest BCUT2D eigenvalue weighted by Crippen LogP contribution is 2.36. The molecule has 110 valence electrons. The van der Waals surface area contributed by atoms with Crippen LogP contribution in [0.25, 0.3) is 0 Å². The summed E-state index contributed by atoms with van der Waals surface area (Å²) >= 11 is 0. The van der Waals surface area contributed by atoms with Crippen molar-refractivity contribution in [1.29, 1.82) is 0 Å². The predicted molar refractivity (Wildman–Crippen MR) is 72.1 cm³/mol. The first kappa shape index (κ1) is 17.0. The molecule has 2 aliphatic heterocycles. The number of hydrogen-bond acceptors (Lipinski definition) is 2. The molecule has 3 atom stereocenters. The fourth-order valence-electron chi connectivity index (χ4n) is 3.73. The van der Waals surface area contributed by atoms with E-state index in [1.165, 1.54) is 49.7 Å². The van der Waals surface area contributed by atoms with Crippen LogP contribution in [0.4, 0.5) is 0 Å². The molecule has 2 aliphatic rings. The maximum atomic E-state index is 11.5. The molecule has 0 aromatic heterocycles. The molecule has 2 saturated heterocycles. The number of hydrogen-bond donors (Lipinski definition) is 0. The lowest BCUT2D eigenvalue weighted by molar-refractivity contribution is -0.947. The van der Waals surface area contributed by atoms with Gasteiger partial charge in [-0.2, -0.15) is 0 Å². The molecule has 2 rings (SSSR count). The van der Waals surface area contributed by atoms with E-state index in [-0.39, 0.29) is 29.9 Å². The van der Waals surface area contributed by atoms with Gasteiger partial charge in [-0.3, -0.25) is 0 Å². The molecule has 4 heteroatoms. The molecule has 2 heterocycles. The first-order chi connectivity index (χ1) is 8.53. The summed E-state index contributed by atoms with van der Waals surface area (Å²) in [6.45, 7) is 8.54. The van der Waals surface area contributed by atoms with E-state index in [0.717, 1.165) is 0 Å². The first-order valence-electron chi connectivity index (χ1n) is 7.20. The van der Waals surface area contributed by atoms with Gasteiger partial charge >= 0.3 is 5.97 Å². The second-order valence-electron chi connectivity index (χ2n) is 6.27. The van der Waals surface area contributed by atoms with Crippen molar-refractivity contribution in [2.45, 2.75) is 45.1 Å². The fraction of sp³-hybridized carbons (Fsp3) is 0.800. The van der Waals surface area contributed by atoms with Crippen LogP contribution in [-0.2, 0) is 9.53 Å². The van der Waals surface area contributed by atoms with Crippen LogP contribution in [0.2, 0.25) is 0 Å². The summed E-state index contributed by atoms with van der Waals surface area (Å²) in [5.41, 5.74) is 0.506. The molecule has 2 fully saturated rings. The van der Waals surface area contributed by atoms with Crippen LogP contribution in [-0.4, -0.2) is 43.2 Å². The molecular weight excluding hydrogens is 353 g/mol. The Morgan fingerprint density at radius 1 is 1.26 bits per heavy atom. The number of halogens is 1. The van der Waals surface area contributed by atoms with Crippen molar-refractivity contribution in [2.24, 2.45) is 5.92 Å². The molecule has 3 nitrogen and oxygen atoms in total. The normalized spacial score (nSPS) is 33.8. The van der Waals surface area contributed by atoms with Crippen molar-refractivity contribution in [3.05, 3.63) is 12.2 Å². The SMILES string of the molecule is C=C(C)C(=O)OC[C@@H]1CCC[N+]2(C)CCCC[C@@H]12.[I-]. The maximum Gasteiger partial charge on any atom is 0.333 e. The lowest BCUT2D eigenvalue weighted by atomic mass is 9.82. The third-order valence-corrected chi connectivity index (χ3v) is 4.78. The van der Waals surface area contributed by atoms with Crippen molar-refractivity contribution in [2.75, 3.05) is 26.7 Å². The van der Waals surface area contributed by atoms with E-state index in [0.29, 0.717) is 24.1 Å². The fourth-order valence-corrected chi connectivity index (χ4v) is 3.73. The third kappa shape index (κ3) is 3.94. The minimum atomic E-state index is -0.231. The Bertz CT molecular complexity index is 341. The summed E-state index contributed by atoms with van der Waals surface area (Å²) in [5.74, 6) is 0.318. The Balaban J connectivity index is 0.00000180. The number of quaternary nitrogens is 1. The Labute approximate surface area is 134 Å². The first-order valence-corrected chi connectivity index (χ1v) is 7.20. The summed E-state index contributed by atoms with van der Waals surface area (Å²) in [4.78, 5) is 11.5. The minimum Gasteiger partial charge on any atom is -1.00 e. The number of rotatable bonds is 3. The van der Waals surface area contributed by atoms with Gasteiger partial charge in [0.05, 0.1) is 26.2 Å². The molecule has 0 N–H and O–H groups in total. The van der Waals surface area contributed by atoms with Crippen LogP contribution in [0.5, 0.6) is 0 Å². The molecular formula is C15H26INO2. The zero-order valence-corrected chi connectivity index (χ0v) is 14.3. The van der Waals surface area contributed by atoms with E-state index in [1.807, 2.05) is 0 Å². The molecule has 0 spiro atoms. The molecule has 1 unspecified atom stereocenters. The van der Waals surface area contributed by atoms with Crippen molar-refractivity contribution < 1.29 is 38.0 Å². The quantitative estimate of drug-likeness (QED) is 0.287. The second-order valence-corrected chi connectivity index (χ2v) is 6.27. The number of esters is 1. The molecule has 0 amide bonds. The Morgan fingerprint density at radius 2 is 1.95 bits per heavy atom. The number of fused-ring (bicyclic) bond motifs is 1. The number of piperidine rings is 2. The number of ether oxygens (including phenoxy) is 1. The molecule has 19 heavy (non-hydrogen) atoms. The Hall–Kier alpha value is -0.100. The molecule has 0 aromatic rings. The molecule has 0 aliphatic carbocycles. The monoisotopic (exact) mass is 379 g/mol. The summed E-state index contributed by atoms with van der Waals surface area (Å²) < 4.78 is 6.59. The van der Waals surface area contributed by atoms with Crippen LogP contribution in [0.1, 0.15) is 39.0 Å². The zero-order chi connectivity index (χ0) is 13.2. The lowest BCUT2D eigenvalue weighted by Gasteiger charge is -2.51. The highest BCUT2D eigenvalue weighted by molar-refractivity contribution is 5.86. The average molecular weight is 379 g/mol. The second kappa shape index (κ2) is 7.07. The van der Waals surface area contributed by atoms with Crippen LogP contribution in [0.15, 0.2) is 12.2 Å². The van der Waals surface area contributed by atoms with Crippen molar-refractivity contribution >= 4 is 5.97 Å². The zero-order valence-electron chi connectivity index (χ0n) is 12.2. The van der Waals surface area contributed by atoms with Gasteiger partial charge in [-0.25, -0.2) is 4.79 Å². The van der Waals surface area contributed by atoms with E-state index in [1.54, 1.807) is 6.92 Å². The van der Waals surface area contributed by atoms with E-state index in [4.69, 9.17) is 4.74 Å². The van der Waals surface area contributed by atoms with E-state index in [2.05, 4.69) is 13.6 Å². The van der Waals surface area contributed by atoms with Gasteiger partial charge in [0.25, 0.3) is 0 Å². The third-order valence-electron chi connectivity index (χ3n) is 4.78. The summed E-state index contributed by atoms with van der Waals surface area (Å²) in [6.07, 6.45) is 6.46. The highest BCUT2D eigenvalue weighted by atomic mass is 127. The number of carbonyl (C=O) groups is 1. The van der Waals surface area contributed by atoms with Gasteiger partial charge < -0.3 is 33.2 Å². The average Bonchev–Trinajstić information content (AvgIpc) is 2.34. The van der Waals surface area contributed by atoms with Crippen LogP contribution < -0.4 is 24.0 Å². The lowest BCUT2D eigenvalue weighted by Crippen LogP contribution is -3.00. The molecule has 0 radical (unpaired) electrons. The van der Waals surface area contributed by atoms with Gasteiger partial charge in [-0.05, 0) is 32.6 Å². The highest BCUT2D eigenvalue weighted by Gasteiger charge is 2.43. The largest absolute Gasteiger partial charge is 1.00 e. The van der Waals surface area contributed by atoms with Crippen molar-refractivity contribution in [1.82, 2.24) is 0 Å². The topological polar surface area (TPSA) is 26.3 Å². The Kier molecular flexibility index (Phi) is 6.30. The van der Waals surface area contributed by atoms with Gasteiger partial charge in [-0.15, -0.1) is 0 Å². The van der Waals surface area contributed by atoms with Crippen LogP contribution in [0, 0.1) is 5.92 Å². The van der Waals surface area contributed by atoms with Crippen molar-refractivity contribution in [3.8, 4) is 0 Å². The van der Waals surface area contributed by atoms with Gasteiger partial charge in [0.15, 0.2) is 0 Å². The van der Waals surface area contributed by atoms with Gasteiger partial charge in [0, 0.05) is 17.9 Å². The standard InChI is InChI=1S/C15H26NO2.HI/c1-12(2)15(17)18-11-13-7-6-10-16(3)9-5-4-8-14(13)16;/h13-14H,1,4-11H2,2-3H3;1H/q+1;/p-1/t13-,14-,16?;/m0./s1. The summed E-state index contributed by atoms with van der Waals surface area (Å²) in [6, 6.07) is 0.699. The van der Waals surface area contributed by atoms with Crippen LogP contribution >= 0.6 is 0 Å². The number of nitrogens with zero attached hydrogens (tertiary/aromatic N) is 1. The van der Waals surface area contributed by atoms with Gasteiger partial charge in [0.2, 0.25) is 0 Å². The van der Waals surface area contributed by atoms with Crippen LogP contribution in [0.3, 0.4) is 0 Å². The summed E-state index contributed by atoms with van der Waals surface area (Å²) in [5, 5.41) is 0. The molecule has 0 saturated carbocycles. The van der Waals surface area contributed by atoms with Crippen molar-refractivity contribution in [3.63, 3.8) is 0 Å².